The minimum Gasteiger partial charge on any atom is -0.481 e. The number of carboxylic acid groups (broad SMARTS) is 1. The van der Waals surface area contributed by atoms with Gasteiger partial charge in [0, 0.05) is 17.5 Å². The number of aromatic nitrogens is 1. The van der Waals surface area contributed by atoms with Gasteiger partial charge in [0.15, 0.2) is 0 Å². The number of aliphatic carboxylic acids is 1. The van der Waals surface area contributed by atoms with Gasteiger partial charge in [-0.15, -0.1) is 11.3 Å². The molecule has 0 saturated carbocycles. The van der Waals surface area contributed by atoms with Crippen molar-refractivity contribution in [3.05, 3.63) is 41.4 Å². The molecule has 0 aliphatic rings. The van der Waals surface area contributed by atoms with E-state index >= 15 is 0 Å². The molecule has 0 aliphatic carbocycles. The maximum atomic E-state index is 11.6. The summed E-state index contributed by atoms with van der Waals surface area (Å²) in [4.78, 5) is 26.3. The molecule has 0 atom stereocenters. The Kier molecular flexibility index (Phi) is 4.84. The van der Waals surface area contributed by atoms with Gasteiger partial charge in [0.1, 0.15) is 5.01 Å². The van der Waals surface area contributed by atoms with Crippen LogP contribution in [0.2, 0.25) is 0 Å². The number of thiazole rings is 1. The van der Waals surface area contributed by atoms with Crippen molar-refractivity contribution in [2.45, 2.75) is 12.8 Å². The lowest BCUT2D eigenvalue weighted by Crippen LogP contribution is -2.27. The molecule has 1 aromatic carbocycles. The van der Waals surface area contributed by atoms with Crippen molar-refractivity contribution in [3.8, 4) is 10.6 Å². The van der Waals surface area contributed by atoms with Gasteiger partial charge in [0.25, 0.3) is 0 Å². The number of carbonyl (C=O) groups is 2. The molecule has 1 amide bonds. The third kappa shape index (κ3) is 4.17. The largest absolute Gasteiger partial charge is 0.481 e. The van der Waals surface area contributed by atoms with E-state index in [0.29, 0.717) is 5.69 Å². The van der Waals surface area contributed by atoms with Crippen LogP contribution in [-0.2, 0) is 16.0 Å². The molecule has 1 heterocycles. The minimum absolute atomic E-state index is 0.0714. The van der Waals surface area contributed by atoms with Crippen LogP contribution in [0.3, 0.4) is 0 Å². The Morgan fingerprint density at radius 2 is 2.00 bits per heavy atom. The predicted molar refractivity (Wildman–Crippen MR) is 76.5 cm³/mol. The summed E-state index contributed by atoms with van der Waals surface area (Å²) in [7, 11) is 0. The van der Waals surface area contributed by atoms with Crippen LogP contribution in [0.25, 0.3) is 10.6 Å². The molecular formula is C14H14N2O3S. The Balaban J connectivity index is 1.90. The summed E-state index contributed by atoms with van der Waals surface area (Å²) in [5.41, 5.74) is 1.72. The van der Waals surface area contributed by atoms with Crippen LogP contribution in [0.1, 0.15) is 12.1 Å². The number of amides is 1. The molecule has 2 N–H and O–H groups in total. The first-order valence-electron chi connectivity index (χ1n) is 6.13. The molecule has 2 aromatic rings. The Hall–Kier alpha value is -2.21. The average molecular weight is 290 g/mol. The fourth-order valence-electron chi connectivity index (χ4n) is 1.64. The molecule has 6 heteroatoms. The zero-order valence-electron chi connectivity index (χ0n) is 10.7. The number of rotatable bonds is 6. The second-order valence-corrected chi connectivity index (χ2v) is 5.04. The van der Waals surface area contributed by atoms with E-state index in [9.17, 15) is 9.59 Å². The first-order valence-corrected chi connectivity index (χ1v) is 7.01. The van der Waals surface area contributed by atoms with Gasteiger partial charge in [0.05, 0.1) is 18.5 Å². The first-order chi connectivity index (χ1) is 9.65. The number of carboxylic acids is 1. The average Bonchev–Trinajstić information content (AvgIpc) is 2.88. The third-order valence-electron chi connectivity index (χ3n) is 2.58. The first kappa shape index (κ1) is 14.2. The number of carbonyl (C=O) groups excluding carboxylic acids is 1. The fourth-order valence-corrected chi connectivity index (χ4v) is 2.46. The Morgan fingerprint density at radius 1 is 1.25 bits per heavy atom. The highest BCUT2D eigenvalue weighted by Gasteiger charge is 2.09. The number of nitrogens with one attached hydrogen (secondary N) is 1. The van der Waals surface area contributed by atoms with E-state index in [2.05, 4.69) is 10.3 Å². The summed E-state index contributed by atoms with van der Waals surface area (Å²) in [6, 6.07) is 9.75. The van der Waals surface area contributed by atoms with E-state index in [0.717, 1.165) is 10.6 Å². The van der Waals surface area contributed by atoms with E-state index in [-0.39, 0.29) is 25.3 Å². The summed E-state index contributed by atoms with van der Waals surface area (Å²) < 4.78 is 0. The molecular weight excluding hydrogens is 276 g/mol. The van der Waals surface area contributed by atoms with E-state index < -0.39 is 5.97 Å². The van der Waals surface area contributed by atoms with Crippen LogP contribution >= 0.6 is 11.3 Å². The number of hydrogen-bond donors (Lipinski definition) is 2. The molecule has 0 radical (unpaired) electrons. The number of hydrogen-bond acceptors (Lipinski definition) is 4. The molecule has 5 nitrogen and oxygen atoms in total. The third-order valence-corrected chi connectivity index (χ3v) is 3.52. The van der Waals surface area contributed by atoms with Gasteiger partial charge in [0.2, 0.25) is 5.91 Å². The lowest BCUT2D eigenvalue weighted by Gasteiger charge is -2.01. The summed E-state index contributed by atoms with van der Waals surface area (Å²) in [6.45, 7) is 0.143. The molecule has 0 bridgehead atoms. The molecule has 2 rings (SSSR count). The topological polar surface area (TPSA) is 79.3 Å². The van der Waals surface area contributed by atoms with Gasteiger partial charge in [-0.3, -0.25) is 9.59 Å². The summed E-state index contributed by atoms with van der Waals surface area (Å²) in [5.74, 6) is -1.14. The van der Waals surface area contributed by atoms with Crippen molar-refractivity contribution < 1.29 is 14.7 Å². The van der Waals surface area contributed by atoms with Crippen LogP contribution in [0.15, 0.2) is 35.7 Å². The van der Waals surface area contributed by atoms with Crippen LogP contribution in [0.4, 0.5) is 0 Å². The van der Waals surface area contributed by atoms with Crippen LogP contribution in [-0.4, -0.2) is 28.5 Å². The highest BCUT2D eigenvalue weighted by Crippen LogP contribution is 2.23. The number of benzene rings is 1. The van der Waals surface area contributed by atoms with E-state index in [1.807, 2.05) is 35.7 Å². The van der Waals surface area contributed by atoms with Gasteiger partial charge in [-0.05, 0) is 0 Å². The Labute approximate surface area is 120 Å². The molecule has 0 unspecified atom stereocenters. The van der Waals surface area contributed by atoms with Crippen molar-refractivity contribution in [2.24, 2.45) is 0 Å². The molecule has 104 valence electrons. The van der Waals surface area contributed by atoms with E-state index in [4.69, 9.17) is 5.11 Å². The quantitative estimate of drug-likeness (QED) is 0.852. The zero-order chi connectivity index (χ0) is 14.4. The smallest absolute Gasteiger partial charge is 0.305 e. The summed E-state index contributed by atoms with van der Waals surface area (Å²) >= 11 is 1.49. The van der Waals surface area contributed by atoms with Gasteiger partial charge in [-0.2, -0.15) is 0 Å². The van der Waals surface area contributed by atoms with Crippen LogP contribution < -0.4 is 5.32 Å². The van der Waals surface area contributed by atoms with Gasteiger partial charge >= 0.3 is 5.97 Å². The SMILES string of the molecule is O=C(O)CCNC(=O)Cc1csc(-c2ccccc2)n1. The predicted octanol–water partition coefficient (Wildman–Crippen LogP) is 1.94. The molecule has 20 heavy (non-hydrogen) atoms. The van der Waals surface area contributed by atoms with E-state index in [1.165, 1.54) is 11.3 Å². The van der Waals surface area contributed by atoms with Gasteiger partial charge < -0.3 is 10.4 Å². The molecule has 0 aliphatic heterocycles. The number of nitrogens with zero attached hydrogens (tertiary/aromatic N) is 1. The monoisotopic (exact) mass is 290 g/mol. The Morgan fingerprint density at radius 3 is 2.70 bits per heavy atom. The normalized spacial score (nSPS) is 10.2. The van der Waals surface area contributed by atoms with Gasteiger partial charge in [-0.1, -0.05) is 30.3 Å². The van der Waals surface area contributed by atoms with Crippen molar-refractivity contribution in [2.75, 3.05) is 6.54 Å². The summed E-state index contributed by atoms with van der Waals surface area (Å²) in [5, 5.41) is 13.8. The fraction of sp³-hybridized carbons (Fsp3) is 0.214. The minimum atomic E-state index is -0.926. The highest BCUT2D eigenvalue weighted by molar-refractivity contribution is 7.13. The lowest BCUT2D eigenvalue weighted by atomic mass is 10.2. The highest BCUT2D eigenvalue weighted by atomic mass is 32.1. The molecule has 0 saturated heterocycles. The second kappa shape index (κ2) is 6.81. The van der Waals surface area contributed by atoms with Crippen molar-refractivity contribution in [3.63, 3.8) is 0 Å². The molecule has 1 aromatic heterocycles. The standard InChI is InChI=1S/C14H14N2O3S/c17-12(15-7-6-13(18)19)8-11-9-20-14(16-11)10-4-2-1-3-5-10/h1-5,9H,6-8H2,(H,15,17)(H,18,19). The lowest BCUT2D eigenvalue weighted by molar-refractivity contribution is -0.136. The van der Waals surface area contributed by atoms with Crippen molar-refractivity contribution in [1.82, 2.24) is 10.3 Å². The van der Waals surface area contributed by atoms with Crippen LogP contribution in [0.5, 0.6) is 0 Å². The van der Waals surface area contributed by atoms with Crippen molar-refractivity contribution in [1.29, 1.82) is 0 Å². The second-order valence-electron chi connectivity index (χ2n) is 4.18. The van der Waals surface area contributed by atoms with Crippen LogP contribution in [0, 0.1) is 0 Å². The van der Waals surface area contributed by atoms with E-state index in [1.54, 1.807) is 0 Å². The molecule has 0 spiro atoms. The molecule has 0 fully saturated rings. The summed E-state index contributed by atoms with van der Waals surface area (Å²) in [6.07, 6.45) is 0.0982. The Bertz CT molecular complexity index is 595. The maximum Gasteiger partial charge on any atom is 0.305 e. The zero-order valence-corrected chi connectivity index (χ0v) is 11.5. The van der Waals surface area contributed by atoms with Gasteiger partial charge in [-0.25, -0.2) is 4.98 Å². The maximum absolute atomic E-state index is 11.6. The van der Waals surface area contributed by atoms with Crippen molar-refractivity contribution >= 4 is 23.2 Å².